The van der Waals surface area contributed by atoms with Crippen molar-refractivity contribution in [2.45, 2.75) is 26.4 Å². The van der Waals surface area contributed by atoms with Crippen molar-refractivity contribution in [1.82, 2.24) is 4.98 Å². The van der Waals surface area contributed by atoms with E-state index < -0.39 is 11.7 Å². The van der Waals surface area contributed by atoms with Gasteiger partial charge in [0.2, 0.25) is 0 Å². The number of rotatable bonds is 1. The molecule has 0 N–H and O–H groups in total. The van der Waals surface area contributed by atoms with Gasteiger partial charge in [-0.15, -0.1) is 0 Å². The minimum atomic E-state index is -0.493. The van der Waals surface area contributed by atoms with Crippen LogP contribution in [0.1, 0.15) is 20.8 Å². The second kappa shape index (κ2) is 4.99. The molecule has 4 nitrogen and oxygen atoms in total. The molecular weight excluding hydrogens is 319 g/mol. The van der Waals surface area contributed by atoms with Crippen molar-refractivity contribution in [1.29, 1.82) is 0 Å². The van der Waals surface area contributed by atoms with E-state index in [-0.39, 0.29) is 0 Å². The number of nitrogens with zero attached hydrogens (tertiary/aromatic N) is 2. The Balaban J connectivity index is 2.78. The van der Waals surface area contributed by atoms with Crippen molar-refractivity contribution in [2.24, 2.45) is 0 Å². The molecule has 0 aliphatic carbocycles. The van der Waals surface area contributed by atoms with Gasteiger partial charge in [0.25, 0.3) is 0 Å². The highest BCUT2D eigenvalue weighted by Gasteiger charge is 2.21. The Morgan fingerprint density at radius 2 is 2.12 bits per heavy atom. The fourth-order valence-corrected chi connectivity index (χ4v) is 1.44. The summed E-state index contributed by atoms with van der Waals surface area (Å²) in [6.07, 6.45) is 1.26. The van der Waals surface area contributed by atoms with Gasteiger partial charge >= 0.3 is 6.09 Å². The van der Waals surface area contributed by atoms with Crippen molar-refractivity contribution < 1.29 is 9.53 Å². The number of halogens is 1. The van der Waals surface area contributed by atoms with Crippen molar-refractivity contribution in [3.63, 3.8) is 0 Å². The smallest absolute Gasteiger partial charge is 0.415 e. The molecule has 0 aliphatic rings. The highest BCUT2D eigenvalue weighted by molar-refractivity contribution is 14.1. The molecule has 0 fully saturated rings. The maximum absolute atomic E-state index is 11.7. The summed E-state index contributed by atoms with van der Waals surface area (Å²) in [7, 11) is 1.65. The minimum absolute atomic E-state index is 0.401. The summed E-state index contributed by atoms with van der Waals surface area (Å²) >= 11 is 2.17. The molecule has 1 heterocycles. The Hall–Kier alpha value is -0.850. The number of ether oxygens (including phenoxy) is 1. The van der Waals surface area contributed by atoms with E-state index in [1.54, 1.807) is 13.2 Å². The topological polar surface area (TPSA) is 42.4 Å². The van der Waals surface area contributed by atoms with Crippen LogP contribution in [0.25, 0.3) is 0 Å². The Morgan fingerprint density at radius 3 is 2.62 bits per heavy atom. The van der Waals surface area contributed by atoms with Crippen LogP contribution in [-0.4, -0.2) is 23.7 Å². The Morgan fingerprint density at radius 1 is 1.50 bits per heavy atom. The van der Waals surface area contributed by atoms with Crippen LogP contribution >= 0.6 is 22.6 Å². The van der Waals surface area contributed by atoms with Crippen LogP contribution in [0.2, 0.25) is 0 Å². The summed E-state index contributed by atoms with van der Waals surface area (Å²) in [4.78, 5) is 17.2. The van der Waals surface area contributed by atoms with Gasteiger partial charge < -0.3 is 4.74 Å². The average Bonchev–Trinajstić information content (AvgIpc) is 2.14. The van der Waals surface area contributed by atoms with Gasteiger partial charge in [0, 0.05) is 16.8 Å². The summed E-state index contributed by atoms with van der Waals surface area (Å²) in [6.45, 7) is 5.50. The van der Waals surface area contributed by atoms with E-state index in [1.165, 1.54) is 4.90 Å². The molecule has 0 radical (unpaired) electrons. The fraction of sp³-hybridized carbons (Fsp3) is 0.455. The third kappa shape index (κ3) is 3.96. The number of amides is 1. The number of carbonyl (C=O) groups is 1. The average molecular weight is 334 g/mol. The normalized spacial score (nSPS) is 11.1. The molecule has 1 amide bonds. The molecule has 0 saturated carbocycles. The third-order valence-electron chi connectivity index (χ3n) is 1.72. The number of hydrogen-bond acceptors (Lipinski definition) is 3. The third-order valence-corrected chi connectivity index (χ3v) is 2.39. The summed E-state index contributed by atoms with van der Waals surface area (Å²) in [5, 5.41) is 0. The van der Waals surface area contributed by atoms with E-state index in [9.17, 15) is 4.79 Å². The van der Waals surface area contributed by atoms with E-state index in [1.807, 2.05) is 32.9 Å². The number of aromatic nitrogens is 1. The van der Waals surface area contributed by atoms with E-state index in [0.29, 0.717) is 5.82 Å². The lowest BCUT2D eigenvalue weighted by Gasteiger charge is -2.24. The molecule has 88 valence electrons. The lowest BCUT2D eigenvalue weighted by molar-refractivity contribution is 0.0588. The monoisotopic (exact) mass is 334 g/mol. The van der Waals surface area contributed by atoms with E-state index in [2.05, 4.69) is 27.6 Å². The lowest BCUT2D eigenvalue weighted by atomic mass is 10.2. The van der Waals surface area contributed by atoms with Crippen LogP contribution in [0, 0.1) is 3.57 Å². The van der Waals surface area contributed by atoms with Crippen LogP contribution in [0.3, 0.4) is 0 Å². The molecule has 0 unspecified atom stereocenters. The quantitative estimate of drug-likeness (QED) is 0.742. The zero-order valence-corrected chi connectivity index (χ0v) is 12.0. The van der Waals surface area contributed by atoms with Gasteiger partial charge in [-0.05, 0) is 55.5 Å². The minimum Gasteiger partial charge on any atom is -0.443 e. The zero-order chi connectivity index (χ0) is 12.3. The van der Waals surface area contributed by atoms with Gasteiger partial charge in [-0.2, -0.15) is 0 Å². The van der Waals surface area contributed by atoms with Crippen molar-refractivity contribution in [3.8, 4) is 0 Å². The van der Waals surface area contributed by atoms with Gasteiger partial charge in [0.15, 0.2) is 0 Å². The molecule has 1 aromatic heterocycles. The van der Waals surface area contributed by atoms with E-state index in [4.69, 9.17) is 4.74 Å². The number of carbonyl (C=O) groups excluding carboxylic acids is 1. The predicted octanol–water partition coefficient (Wildman–Crippen LogP) is 3.06. The first-order valence-corrected chi connectivity index (χ1v) is 5.96. The molecule has 1 rings (SSSR count). The second-order valence-electron chi connectivity index (χ2n) is 4.37. The SMILES string of the molecule is CN(C(=O)OC(C)(C)C)c1cc(I)ccn1. The van der Waals surface area contributed by atoms with Gasteiger partial charge in [0.1, 0.15) is 11.4 Å². The van der Waals surface area contributed by atoms with E-state index >= 15 is 0 Å². The fourth-order valence-electron chi connectivity index (χ4n) is 1.00. The van der Waals surface area contributed by atoms with Crippen LogP contribution in [0.4, 0.5) is 10.6 Å². The van der Waals surface area contributed by atoms with Gasteiger partial charge in [0.05, 0.1) is 0 Å². The number of pyridine rings is 1. The number of hydrogen-bond donors (Lipinski definition) is 0. The summed E-state index contributed by atoms with van der Waals surface area (Å²) in [5.74, 6) is 0.584. The van der Waals surface area contributed by atoms with Crippen molar-refractivity contribution in [2.75, 3.05) is 11.9 Å². The maximum atomic E-state index is 11.7. The molecule has 0 aliphatic heterocycles. The van der Waals surface area contributed by atoms with Crippen molar-refractivity contribution >= 4 is 34.5 Å². The molecule has 5 heteroatoms. The predicted molar refractivity (Wildman–Crippen MR) is 71.6 cm³/mol. The first-order chi connectivity index (χ1) is 7.29. The maximum Gasteiger partial charge on any atom is 0.415 e. The molecular formula is C11H15IN2O2. The summed E-state index contributed by atoms with van der Waals surface area (Å²) in [6, 6.07) is 3.69. The van der Waals surface area contributed by atoms with Crippen LogP contribution < -0.4 is 4.90 Å². The van der Waals surface area contributed by atoms with Crippen LogP contribution in [0.5, 0.6) is 0 Å². The first-order valence-electron chi connectivity index (χ1n) is 4.88. The Kier molecular flexibility index (Phi) is 4.12. The lowest BCUT2D eigenvalue weighted by Crippen LogP contribution is -2.34. The van der Waals surface area contributed by atoms with Crippen LogP contribution in [0.15, 0.2) is 18.3 Å². The Labute approximate surface area is 109 Å². The van der Waals surface area contributed by atoms with Gasteiger partial charge in [-0.25, -0.2) is 9.78 Å². The first kappa shape index (κ1) is 13.2. The molecule has 0 aromatic carbocycles. The second-order valence-corrected chi connectivity index (χ2v) is 5.62. The zero-order valence-electron chi connectivity index (χ0n) is 9.82. The highest BCUT2D eigenvalue weighted by Crippen LogP contribution is 2.16. The molecule has 0 bridgehead atoms. The molecule has 0 spiro atoms. The Bertz CT molecular complexity index is 388. The molecule has 0 atom stereocenters. The standard InChI is InChI=1S/C11H15IN2O2/c1-11(2,3)16-10(15)14(4)9-7-8(12)5-6-13-9/h5-7H,1-4H3. The summed E-state index contributed by atoms with van der Waals surface area (Å²) < 4.78 is 6.26. The number of anilines is 1. The van der Waals surface area contributed by atoms with Gasteiger partial charge in [-0.1, -0.05) is 0 Å². The molecule has 1 aromatic rings. The highest BCUT2D eigenvalue weighted by atomic mass is 127. The molecule has 0 saturated heterocycles. The van der Waals surface area contributed by atoms with E-state index in [0.717, 1.165) is 3.57 Å². The largest absolute Gasteiger partial charge is 0.443 e. The van der Waals surface area contributed by atoms with Gasteiger partial charge in [-0.3, -0.25) is 4.90 Å². The van der Waals surface area contributed by atoms with Crippen molar-refractivity contribution in [3.05, 3.63) is 21.9 Å². The summed E-state index contributed by atoms with van der Waals surface area (Å²) in [5.41, 5.74) is -0.493. The molecule has 16 heavy (non-hydrogen) atoms. The van der Waals surface area contributed by atoms with Crippen LogP contribution in [-0.2, 0) is 4.74 Å².